The first-order valence-electron chi connectivity index (χ1n) is 6.62. The van der Waals surface area contributed by atoms with Crippen LogP contribution >= 0.6 is 0 Å². The summed E-state index contributed by atoms with van der Waals surface area (Å²) in [6.45, 7) is 2.84. The minimum atomic E-state index is 0.757. The maximum absolute atomic E-state index is 4.98. The average Bonchev–Trinajstić information content (AvgIpc) is 3.08. The Hall–Kier alpha value is -0.870. The van der Waals surface area contributed by atoms with Crippen LogP contribution in [0.25, 0.3) is 0 Å². The topological polar surface area (TPSA) is 39.1 Å². The van der Waals surface area contributed by atoms with E-state index in [9.17, 15) is 0 Å². The zero-order valence-electron chi connectivity index (χ0n) is 10.7. The quantitative estimate of drug-likeness (QED) is 0.665. The second kappa shape index (κ2) is 6.77. The van der Waals surface area contributed by atoms with Crippen LogP contribution in [-0.4, -0.2) is 36.4 Å². The van der Waals surface area contributed by atoms with Gasteiger partial charge in [-0.3, -0.25) is 0 Å². The molecular weight excluding hydrogens is 214 g/mol. The fourth-order valence-corrected chi connectivity index (χ4v) is 2.06. The number of ether oxygens (including phenoxy) is 1. The Labute approximate surface area is 103 Å². The van der Waals surface area contributed by atoms with Gasteiger partial charge in [0, 0.05) is 31.6 Å². The number of hydrogen-bond donors (Lipinski definition) is 1. The molecule has 4 nitrogen and oxygen atoms in total. The van der Waals surface area contributed by atoms with E-state index >= 15 is 0 Å². The largest absolute Gasteiger partial charge is 0.383 e. The van der Waals surface area contributed by atoms with Crippen LogP contribution in [0.4, 0.5) is 0 Å². The molecule has 1 aromatic rings. The van der Waals surface area contributed by atoms with E-state index in [0.717, 1.165) is 32.2 Å². The summed E-state index contributed by atoms with van der Waals surface area (Å²) in [4.78, 5) is 4.25. The van der Waals surface area contributed by atoms with Gasteiger partial charge in [0.05, 0.1) is 12.9 Å². The molecule has 0 aromatic carbocycles. The summed E-state index contributed by atoms with van der Waals surface area (Å²) in [5.41, 5.74) is 1.41. The van der Waals surface area contributed by atoms with Crippen molar-refractivity contribution in [1.29, 1.82) is 0 Å². The van der Waals surface area contributed by atoms with Gasteiger partial charge in [-0.1, -0.05) is 0 Å². The zero-order chi connectivity index (χ0) is 11.9. The Bertz CT molecular complexity index is 320. The van der Waals surface area contributed by atoms with Gasteiger partial charge < -0.3 is 14.6 Å². The van der Waals surface area contributed by atoms with Crippen LogP contribution in [-0.2, 0) is 11.2 Å². The maximum atomic E-state index is 4.98. The lowest BCUT2D eigenvalue weighted by molar-refractivity contribution is 0.199. The smallest absolute Gasteiger partial charge is 0.0950 e. The highest BCUT2D eigenvalue weighted by Gasteiger charge is 2.24. The van der Waals surface area contributed by atoms with E-state index in [0.29, 0.717) is 0 Å². The second-order valence-corrected chi connectivity index (χ2v) is 4.72. The summed E-state index contributed by atoms with van der Waals surface area (Å²) < 4.78 is 7.34. The Morgan fingerprint density at radius 2 is 2.29 bits per heavy atom. The molecule has 1 heterocycles. The number of aryl methyl sites for hydroxylation is 1. The first-order chi connectivity index (χ1) is 8.42. The highest BCUT2D eigenvalue weighted by atomic mass is 16.5. The molecule has 1 aliphatic carbocycles. The van der Waals surface area contributed by atoms with Gasteiger partial charge >= 0.3 is 0 Å². The third-order valence-electron chi connectivity index (χ3n) is 3.21. The van der Waals surface area contributed by atoms with Gasteiger partial charge in [0.1, 0.15) is 0 Å². The summed E-state index contributed by atoms with van der Waals surface area (Å²) in [5.74, 6) is 0. The van der Waals surface area contributed by atoms with Crippen molar-refractivity contribution in [2.24, 2.45) is 0 Å². The number of hydrogen-bond acceptors (Lipinski definition) is 3. The van der Waals surface area contributed by atoms with E-state index in [2.05, 4.69) is 14.9 Å². The van der Waals surface area contributed by atoms with Crippen LogP contribution in [0, 0.1) is 0 Å². The van der Waals surface area contributed by atoms with Crippen molar-refractivity contribution < 1.29 is 4.74 Å². The van der Waals surface area contributed by atoms with E-state index in [1.54, 1.807) is 7.11 Å². The summed E-state index contributed by atoms with van der Waals surface area (Å²) >= 11 is 0. The molecule has 1 saturated carbocycles. The van der Waals surface area contributed by atoms with Crippen molar-refractivity contribution >= 4 is 0 Å². The molecule has 1 N–H and O–H groups in total. The molecule has 1 aliphatic rings. The SMILES string of the molecule is COCCNCCCCc1cncn1C1CC1. The fraction of sp³-hybridized carbons (Fsp3) is 0.769. The molecule has 17 heavy (non-hydrogen) atoms. The molecule has 0 spiro atoms. The van der Waals surface area contributed by atoms with Crippen LogP contribution in [0.15, 0.2) is 12.5 Å². The number of aromatic nitrogens is 2. The standard InChI is InChI=1S/C13H23N3O/c1-17-9-8-14-7-3-2-4-13-10-15-11-16(13)12-5-6-12/h10-12,14H,2-9H2,1H3. The number of nitrogens with one attached hydrogen (secondary N) is 1. The molecule has 96 valence electrons. The van der Waals surface area contributed by atoms with Gasteiger partial charge in [-0.05, 0) is 38.6 Å². The fourth-order valence-electron chi connectivity index (χ4n) is 2.06. The Morgan fingerprint density at radius 3 is 3.06 bits per heavy atom. The lowest BCUT2D eigenvalue weighted by atomic mass is 10.2. The Balaban J connectivity index is 1.56. The van der Waals surface area contributed by atoms with Crippen molar-refractivity contribution in [2.75, 3.05) is 26.8 Å². The van der Waals surface area contributed by atoms with Gasteiger partial charge in [-0.25, -0.2) is 4.98 Å². The number of unbranched alkanes of at least 4 members (excludes halogenated alkanes) is 1. The van der Waals surface area contributed by atoms with Gasteiger partial charge in [0.2, 0.25) is 0 Å². The number of nitrogens with zero attached hydrogens (tertiary/aromatic N) is 2. The van der Waals surface area contributed by atoms with Gasteiger partial charge in [-0.2, -0.15) is 0 Å². The molecule has 1 aromatic heterocycles. The minimum Gasteiger partial charge on any atom is -0.383 e. The van der Waals surface area contributed by atoms with E-state index in [-0.39, 0.29) is 0 Å². The predicted molar refractivity (Wildman–Crippen MR) is 68.2 cm³/mol. The second-order valence-electron chi connectivity index (χ2n) is 4.72. The molecule has 0 bridgehead atoms. The first-order valence-corrected chi connectivity index (χ1v) is 6.62. The minimum absolute atomic E-state index is 0.757. The molecule has 0 unspecified atom stereocenters. The third-order valence-corrected chi connectivity index (χ3v) is 3.21. The van der Waals surface area contributed by atoms with Crippen LogP contribution < -0.4 is 5.32 Å². The molecule has 4 heteroatoms. The number of methoxy groups -OCH3 is 1. The summed E-state index contributed by atoms with van der Waals surface area (Å²) in [7, 11) is 1.74. The first kappa shape index (κ1) is 12.6. The van der Waals surface area contributed by atoms with E-state index < -0.39 is 0 Å². The highest BCUT2D eigenvalue weighted by Crippen LogP contribution is 2.35. The van der Waals surface area contributed by atoms with Crippen LogP contribution in [0.1, 0.15) is 37.4 Å². The number of rotatable bonds is 9. The van der Waals surface area contributed by atoms with Gasteiger partial charge in [0.15, 0.2) is 0 Å². The lowest BCUT2D eigenvalue weighted by Gasteiger charge is -2.07. The lowest BCUT2D eigenvalue weighted by Crippen LogP contribution is -2.20. The molecular formula is C13H23N3O. The van der Waals surface area contributed by atoms with E-state index in [1.807, 2.05) is 12.5 Å². The van der Waals surface area contributed by atoms with Crippen molar-refractivity contribution in [1.82, 2.24) is 14.9 Å². The van der Waals surface area contributed by atoms with Crippen molar-refractivity contribution in [3.63, 3.8) is 0 Å². The monoisotopic (exact) mass is 237 g/mol. The molecule has 0 radical (unpaired) electrons. The van der Waals surface area contributed by atoms with Gasteiger partial charge in [-0.15, -0.1) is 0 Å². The van der Waals surface area contributed by atoms with E-state index in [1.165, 1.54) is 31.4 Å². The summed E-state index contributed by atoms with van der Waals surface area (Å²) in [6, 6.07) is 0.757. The maximum Gasteiger partial charge on any atom is 0.0950 e. The highest BCUT2D eigenvalue weighted by molar-refractivity contribution is 5.03. The van der Waals surface area contributed by atoms with Crippen LogP contribution in [0.3, 0.4) is 0 Å². The van der Waals surface area contributed by atoms with Crippen molar-refractivity contribution in [3.05, 3.63) is 18.2 Å². The van der Waals surface area contributed by atoms with Crippen molar-refractivity contribution in [2.45, 2.75) is 38.1 Å². The molecule has 0 aliphatic heterocycles. The molecule has 0 amide bonds. The van der Waals surface area contributed by atoms with E-state index in [4.69, 9.17) is 4.74 Å². The van der Waals surface area contributed by atoms with Gasteiger partial charge in [0.25, 0.3) is 0 Å². The van der Waals surface area contributed by atoms with Crippen LogP contribution in [0.5, 0.6) is 0 Å². The Morgan fingerprint density at radius 1 is 1.41 bits per heavy atom. The Kier molecular flexibility index (Phi) is 5.01. The van der Waals surface area contributed by atoms with Crippen molar-refractivity contribution in [3.8, 4) is 0 Å². The molecule has 2 rings (SSSR count). The normalized spacial score (nSPS) is 15.4. The molecule has 1 fully saturated rings. The number of imidazole rings is 1. The average molecular weight is 237 g/mol. The zero-order valence-corrected chi connectivity index (χ0v) is 10.7. The molecule has 0 saturated heterocycles. The predicted octanol–water partition coefficient (Wildman–Crippen LogP) is 1.78. The molecule has 0 atom stereocenters. The van der Waals surface area contributed by atoms with Crippen LogP contribution in [0.2, 0.25) is 0 Å². The third kappa shape index (κ3) is 4.13. The summed E-state index contributed by atoms with van der Waals surface area (Å²) in [6.07, 6.45) is 10.3. The summed E-state index contributed by atoms with van der Waals surface area (Å²) in [5, 5.41) is 3.37.